The van der Waals surface area contributed by atoms with E-state index in [4.69, 9.17) is 5.26 Å². The van der Waals surface area contributed by atoms with Crippen molar-refractivity contribution in [3.63, 3.8) is 0 Å². The average molecular weight is 192 g/mol. The SMILES string of the molecule is COC(=O)OC(C#N)[P+](=O)OC. The first-order valence-electron chi connectivity index (χ1n) is 2.80. The maximum atomic E-state index is 10.8. The molecule has 6 nitrogen and oxygen atoms in total. The number of nitriles is 1. The van der Waals surface area contributed by atoms with Crippen LogP contribution in [0, 0.1) is 11.3 Å². The van der Waals surface area contributed by atoms with Gasteiger partial charge in [-0.05, 0) is 4.57 Å². The smallest absolute Gasteiger partial charge is 0.437 e. The molecule has 0 heterocycles. The van der Waals surface area contributed by atoms with Gasteiger partial charge in [-0.2, -0.15) is 5.26 Å². The fourth-order valence-electron chi connectivity index (χ4n) is 0.352. The fraction of sp³-hybridized carbons (Fsp3) is 0.600. The highest BCUT2D eigenvalue weighted by atomic mass is 31.1. The molecule has 0 spiro atoms. The van der Waals surface area contributed by atoms with Gasteiger partial charge in [-0.1, -0.05) is 0 Å². The number of nitrogens with zero attached hydrogens (tertiary/aromatic N) is 1. The van der Waals surface area contributed by atoms with Crippen molar-refractivity contribution in [3.8, 4) is 6.07 Å². The van der Waals surface area contributed by atoms with Crippen LogP contribution < -0.4 is 0 Å². The van der Waals surface area contributed by atoms with Crippen molar-refractivity contribution in [3.05, 3.63) is 0 Å². The summed E-state index contributed by atoms with van der Waals surface area (Å²) >= 11 is 0. The first kappa shape index (κ1) is 10.8. The zero-order valence-electron chi connectivity index (χ0n) is 6.51. The lowest BCUT2D eigenvalue weighted by Crippen LogP contribution is -2.13. The number of ether oxygens (including phenoxy) is 2. The highest BCUT2D eigenvalue weighted by Gasteiger charge is 2.36. The van der Waals surface area contributed by atoms with Crippen LogP contribution in [-0.4, -0.2) is 26.2 Å². The first-order valence-corrected chi connectivity index (χ1v) is 4.05. The van der Waals surface area contributed by atoms with Gasteiger partial charge in [0.1, 0.15) is 0 Å². The number of carbonyl (C=O) groups excluding carboxylic acids is 1. The van der Waals surface area contributed by atoms with E-state index in [1.807, 2.05) is 0 Å². The second-order valence-electron chi connectivity index (χ2n) is 1.52. The van der Waals surface area contributed by atoms with Gasteiger partial charge in [0.25, 0.3) is 0 Å². The molecule has 0 aliphatic rings. The molecule has 0 aromatic heterocycles. The van der Waals surface area contributed by atoms with Crippen LogP contribution in [0.4, 0.5) is 4.79 Å². The molecule has 0 amide bonds. The van der Waals surface area contributed by atoms with Crippen LogP contribution in [-0.2, 0) is 18.6 Å². The van der Waals surface area contributed by atoms with Crippen molar-refractivity contribution in [1.82, 2.24) is 0 Å². The van der Waals surface area contributed by atoms with Crippen molar-refractivity contribution in [1.29, 1.82) is 5.26 Å². The van der Waals surface area contributed by atoms with E-state index in [1.165, 1.54) is 6.07 Å². The van der Waals surface area contributed by atoms with Crippen LogP contribution in [0.2, 0.25) is 0 Å². The standard InChI is InChI=1S/C5H7NO5P/c1-9-5(7)11-4(3-6)12(8)10-2/h4H,1-2H3/q+1. The van der Waals surface area contributed by atoms with Crippen molar-refractivity contribution >= 4 is 14.2 Å². The number of methoxy groups -OCH3 is 1. The monoisotopic (exact) mass is 192 g/mol. The Kier molecular flexibility index (Phi) is 4.93. The van der Waals surface area contributed by atoms with Crippen LogP contribution in [0.15, 0.2) is 0 Å². The van der Waals surface area contributed by atoms with E-state index >= 15 is 0 Å². The molecule has 7 heteroatoms. The second-order valence-corrected chi connectivity index (χ2v) is 2.93. The Morgan fingerprint density at radius 1 is 1.58 bits per heavy atom. The third-order valence-electron chi connectivity index (χ3n) is 0.856. The fourth-order valence-corrected chi connectivity index (χ4v) is 0.809. The summed E-state index contributed by atoms with van der Waals surface area (Å²) < 4.78 is 23.4. The molecule has 0 bridgehead atoms. The van der Waals surface area contributed by atoms with Gasteiger partial charge in [0.2, 0.25) is 0 Å². The van der Waals surface area contributed by atoms with E-state index in [9.17, 15) is 9.36 Å². The zero-order chi connectivity index (χ0) is 9.56. The Morgan fingerprint density at radius 3 is 2.50 bits per heavy atom. The van der Waals surface area contributed by atoms with Gasteiger partial charge in [0, 0.05) is 0 Å². The first-order chi connectivity index (χ1) is 5.65. The molecule has 0 aliphatic heterocycles. The van der Waals surface area contributed by atoms with E-state index in [-0.39, 0.29) is 0 Å². The van der Waals surface area contributed by atoms with Crippen LogP contribution in [0.5, 0.6) is 0 Å². The minimum atomic E-state index is -2.31. The Bertz CT molecular complexity index is 222. The third kappa shape index (κ3) is 3.28. The number of hydrogen-bond acceptors (Lipinski definition) is 6. The summed E-state index contributed by atoms with van der Waals surface area (Å²) in [6.07, 6.45) is -1.07. The molecule has 0 aromatic rings. The van der Waals surface area contributed by atoms with Gasteiger partial charge in [-0.15, -0.1) is 4.52 Å². The Balaban J connectivity index is 4.11. The molecule has 2 unspecified atom stereocenters. The summed E-state index contributed by atoms with van der Waals surface area (Å²) in [5.74, 6) is -1.42. The molecule has 0 aliphatic carbocycles. The maximum absolute atomic E-state index is 10.8. The lowest BCUT2D eigenvalue weighted by molar-refractivity contribution is 0.0712. The minimum Gasteiger partial charge on any atom is -0.437 e. The molecule has 0 N–H and O–H groups in total. The molecular formula is C5H7NO5P+. The predicted octanol–water partition coefficient (Wildman–Crippen LogP) is 1.01. The topological polar surface area (TPSA) is 85.6 Å². The predicted molar refractivity (Wildman–Crippen MR) is 37.5 cm³/mol. The van der Waals surface area contributed by atoms with Crippen LogP contribution in [0.25, 0.3) is 0 Å². The van der Waals surface area contributed by atoms with Gasteiger partial charge >= 0.3 is 20.0 Å². The van der Waals surface area contributed by atoms with Crippen molar-refractivity contribution < 1.29 is 23.4 Å². The van der Waals surface area contributed by atoms with Crippen molar-refractivity contribution in [2.24, 2.45) is 0 Å². The molecule has 2 atom stereocenters. The highest BCUT2D eigenvalue weighted by Crippen LogP contribution is 2.28. The van der Waals surface area contributed by atoms with E-state index in [0.29, 0.717) is 0 Å². The second kappa shape index (κ2) is 5.47. The summed E-state index contributed by atoms with van der Waals surface area (Å²) in [7, 11) is -0.0917. The highest BCUT2D eigenvalue weighted by molar-refractivity contribution is 7.40. The lowest BCUT2D eigenvalue weighted by atomic mass is 10.8. The van der Waals surface area contributed by atoms with Gasteiger partial charge in [-0.3, -0.25) is 0 Å². The van der Waals surface area contributed by atoms with Crippen LogP contribution >= 0.6 is 8.03 Å². The summed E-state index contributed by atoms with van der Waals surface area (Å²) in [6, 6.07) is 1.49. The van der Waals surface area contributed by atoms with Crippen molar-refractivity contribution in [2.45, 2.75) is 5.85 Å². The summed E-state index contributed by atoms with van der Waals surface area (Å²) in [5, 5.41) is 8.33. The molecule has 12 heavy (non-hydrogen) atoms. The van der Waals surface area contributed by atoms with Crippen LogP contribution in [0.3, 0.4) is 0 Å². The summed E-state index contributed by atoms with van der Waals surface area (Å²) in [4.78, 5) is 10.4. The lowest BCUT2D eigenvalue weighted by Gasteiger charge is -1.97. The number of rotatable bonds is 3. The summed E-state index contributed by atoms with van der Waals surface area (Å²) in [5.41, 5.74) is 0. The van der Waals surface area contributed by atoms with E-state index in [1.54, 1.807) is 0 Å². The number of carbonyl (C=O) groups is 1. The Labute approximate surface area is 69.9 Å². The molecule has 0 saturated heterocycles. The van der Waals surface area contributed by atoms with Gasteiger partial charge in [-0.25, -0.2) is 4.79 Å². The number of hydrogen-bond donors (Lipinski definition) is 0. The third-order valence-corrected chi connectivity index (χ3v) is 1.82. The van der Waals surface area contributed by atoms with E-state index in [0.717, 1.165) is 14.2 Å². The van der Waals surface area contributed by atoms with E-state index < -0.39 is 20.0 Å². The van der Waals surface area contributed by atoms with E-state index in [2.05, 4.69) is 14.0 Å². The molecular weight excluding hydrogens is 185 g/mol. The summed E-state index contributed by atoms with van der Waals surface area (Å²) in [6.45, 7) is 0. The van der Waals surface area contributed by atoms with Gasteiger partial charge < -0.3 is 9.47 Å². The zero-order valence-corrected chi connectivity index (χ0v) is 7.41. The van der Waals surface area contributed by atoms with Crippen LogP contribution in [0.1, 0.15) is 0 Å². The molecule has 0 radical (unpaired) electrons. The average Bonchev–Trinajstić information content (AvgIpc) is 2.12. The Morgan fingerprint density at radius 2 is 2.17 bits per heavy atom. The Hall–Kier alpha value is -1.18. The minimum absolute atomic E-state index is 1.07. The normalized spacial score (nSPS) is 12.6. The molecule has 0 saturated carbocycles. The largest absolute Gasteiger partial charge is 0.570 e. The molecule has 0 fully saturated rings. The quantitative estimate of drug-likeness (QED) is 0.489. The maximum Gasteiger partial charge on any atom is 0.570 e. The molecule has 66 valence electrons. The van der Waals surface area contributed by atoms with Crippen molar-refractivity contribution in [2.75, 3.05) is 14.2 Å². The molecule has 0 rings (SSSR count). The van der Waals surface area contributed by atoms with Gasteiger partial charge in [0.05, 0.1) is 14.2 Å². The van der Waals surface area contributed by atoms with Gasteiger partial charge in [0.15, 0.2) is 6.07 Å². The molecule has 0 aromatic carbocycles.